The minimum absolute atomic E-state index is 0.102. The van der Waals surface area contributed by atoms with Crippen LogP contribution in [0.25, 0.3) is 0 Å². The number of hydrogen-bond acceptors (Lipinski definition) is 3. The van der Waals surface area contributed by atoms with E-state index in [0.29, 0.717) is 5.56 Å². The monoisotopic (exact) mass is 325 g/mol. The van der Waals surface area contributed by atoms with Gasteiger partial charge in [-0.2, -0.15) is 0 Å². The van der Waals surface area contributed by atoms with Crippen LogP contribution in [0.15, 0.2) is 36.5 Å². The van der Waals surface area contributed by atoms with E-state index in [2.05, 4.69) is 36.0 Å². The van der Waals surface area contributed by atoms with Crippen LogP contribution in [-0.2, 0) is 0 Å². The van der Waals surface area contributed by atoms with Gasteiger partial charge in [0.25, 0.3) is 5.91 Å². The van der Waals surface area contributed by atoms with Crippen molar-refractivity contribution in [2.45, 2.75) is 40.5 Å². The van der Waals surface area contributed by atoms with Crippen molar-refractivity contribution in [2.24, 2.45) is 0 Å². The molecule has 1 aromatic carbocycles. The molecule has 0 aliphatic carbocycles. The SMILES string of the molecule is CCCN(CCC)c1cc(C(=O)Nc2ccc(C)c(C)c2)ccn1. The first kappa shape index (κ1) is 18.0. The summed E-state index contributed by atoms with van der Waals surface area (Å²) in [6, 6.07) is 9.59. The van der Waals surface area contributed by atoms with Crippen LogP contribution in [0, 0.1) is 13.8 Å². The summed E-state index contributed by atoms with van der Waals surface area (Å²) >= 11 is 0. The highest BCUT2D eigenvalue weighted by molar-refractivity contribution is 6.04. The van der Waals surface area contributed by atoms with Gasteiger partial charge in [-0.15, -0.1) is 0 Å². The van der Waals surface area contributed by atoms with Gasteiger partial charge in [0, 0.05) is 30.5 Å². The molecule has 4 heteroatoms. The third-order valence-electron chi connectivity index (χ3n) is 4.08. The fourth-order valence-corrected chi connectivity index (χ4v) is 2.64. The topological polar surface area (TPSA) is 45.2 Å². The molecule has 2 aromatic rings. The van der Waals surface area contributed by atoms with Gasteiger partial charge in [0.2, 0.25) is 0 Å². The van der Waals surface area contributed by atoms with Gasteiger partial charge in [0.05, 0.1) is 0 Å². The molecule has 1 amide bonds. The Morgan fingerprint density at radius 1 is 1.04 bits per heavy atom. The minimum atomic E-state index is -0.102. The summed E-state index contributed by atoms with van der Waals surface area (Å²) in [6.07, 6.45) is 3.82. The average Bonchev–Trinajstić information content (AvgIpc) is 2.58. The standard InChI is InChI=1S/C20H27N3O/c1-5-11-23(12-6-2)19-14-17(9-10-21-19)20(24)22-18-8-7-15(3)16(4)13-18/h7-10,13-14H,5-6,11-12H2,1-4H3,(H,22,24). The second-order valence-corrected chi connectivity index (χ2v) is 6.14. The van der Waals surface area contributed by atoms with Crippen molar-refractivity contribution in [1.82, 2.24) is 4.98 Å². The lowest BCUT2D eigenvalue weighted by Crippen LogP contribution is -2.26. The molecule has 0 spiro atoms. The molecule has 128 valence electrons. The number of amides is 1. The van der Waals surface area contributed by atoms with Gasteiger partial charge in [-0.1, -0.05) is 19.9 Å². The molecule has 0 saturated heterocycles. The Morgan fingerprint density at radius 3 is 2.38 bits per heavy atom. The second kappa shape index (κ2) is 8.48. The van der Waals surface area contributed by atoms with E-state index in [1.807, 2.05) is 31.2 Å². The summed E-state index contributed by atoms with van der Waals surface area (Å²) in [5.74, 6) is 0.765. The number of nitrogens with zero attached hydrogens (tertiary/aromatic N) is 2. The third-order valence-corrected chi connectivity index (χ3v) is 4.08. The summed E-state index contributed by atoms with van der Waals surface area (Å²) in [7, 11) is 0. The summed E-state index contributed by atoms with van der Waals surface area (Å²) in [6.45, 7) is 10.3. The van der Waals surface area contributed by atoms with Crippen molar-refractivity contribution in [3.8, 4) is 0 Å². The van der Waals surface area contributed by atoms with Gasteiger partial charge in [0.15, 0.2) is 0 Å². The van der Waals surface area contributed by atoms with Gasteiger partial charge in [-0.3, -0.25) is 4.79 Å². The molecule has 0 fully saturated rings. The summed E-state index contributed by atoms with van der Waals surface area (Å²) in [5.41, 5.74) is 3.84. The molecule has 4 nitrogen and oxygen atoms in total. The van der Waals surface area contributed by atoms with Crippen molar-refractivity contribution in [3.05, 3.63) is 53.2 Å². The van der Waals surface area contributed by atoms with E-state index < -0.39 is 0 Å². The molecule has 1 N–H and O–H groups in total. The van der Waals surface area contributed by atoms with Crippen LogP contribution in [-0.4, -0.2) is 24.0 Å². The molecular weight excluding hydrogens is 298 g/mol. The first-order valence-electron chi connectivity index (χ1n) is 8.64. The molecule has 2 rings (SSSR count). The van der Waals surface area contributed by atoms with Gasteiger partial charge >= 0.3 is 0 Å². The number of carbonyl (C=O) groups excluding carboxylic acids is 1. The van der Waals surface area contributed by atoms with Gasteiger partial charge in [-0.05, 0) is 62.1 Å². The molecule has 0 aliphatic rings. The highest BCUT2D eigenvalue weighted by Gasteiger charge is 2.11. The lowest BCUT2D eigenvalue weighted by atomic mass is 10.1. The zero-order valence-corrected chi connectivity index (χ0v) is 15.1. The number of rotatable bonds is 7. The van der Waals surface area contributed by atoms with Crippen LogP contribution >= 0.6 is 0 Å². The maximum Gasteiger partial charge on any atom is 0.255 e. The molecule has 0 unspecified atom stereocenters. The number of hydrogen-bond donors (Lipinski definition) is 1. The molecular formula is C20H27N3O. The summed E-state index contributed by atoms with van der Waals surface area (Å²) < 4.78 is 0. The van der Waals surface area contributed by atoms with Crippen molar-refractivity contribution in [1.29, 1.82) is 0 Å². The van der Waals surface area contributed by atoms with Crippen molar-refractivity contribution < 1.29 is 4.79 Å². The summed E-state index contributed by atoms with van der Waals surface area (Å²) in [4.78, 5) is 19.2. The number of aromatic nitrogens is 1. The van der Waals surface area contributed by atoms with E-state index in [4.69, 9.17) is 0 Å². The highest BCUT2D eigenvalue weighted by Crippen LogP contribution is 2.17. The van der Waals surface area contributed by atoms with Crippen LogP contribution < -0.4 is 10.2 Å². The predicted octanol–water partition coefficient (Wildman–Crippen LogP) is 4.58. The number of pyridine rings is 1. The fourth-order valence-electron chi connectivity index (χ4n) is 2.64. The predicted molar refractivity (Wildman–Crippen MR) is 101 cm³/mol. The zero-order valence-electron chi connectivity index (χ0n) is 15.1. The second-order valence-electron chi connectivity index (χ2n) is 6.14. The van der Waals surface area contributed by atoms with E-state index >= 15 is 0 Å². The van der Waals surface area contributed by atoms with Crippen molar-refractivity contribution in [3.63, 3.8) is 0 Å². The summed E-state index contributed by atoms with van der Waals surface area (Å²) in [5, 5.41) is 2.97. The first-order chi connectivity index (χ1) is 11.5. The van der Waals surface area contributed by atoms with Crippen LogP contribution in [0.3, 0.4) is 0 Å². The number of benzene rings is 1. The van der Waals surface area contributed by atoms with Crippen LogP contribution in [0.2, 0.25) is 0 Å². The number of aryl methyl sites for hydroxylation is 2. The smallest absolute Gasteiger partial charge is 0.255 e. The maximum atomic E-state index is 12.5. The maximum absolute atomic E-state index is 12.5. The highest BCUT2D eigenvalue weighted by atomic mass is 16.1. The quantitative estimate of drug-likeness (QED) is 0.810. The zero-order chi connectivity index (χ0) is 17.5. The van der Waals surface area contributed by atoms with Gasteiger partial charge < -0.3 is 10.2 Å². The Morgan fingerprint density at radius 2 is 1.75 bits per heavy atom. The third kappa shape index (κ3) is 4.57. The molecule has 0 aliphatic heterocycles. The van der Waals surface area contributed by atoms with Crippen LogP contribution in [0.4, 0.5) is 11.5 Å². The Balaban J connectivity index is 2.17. The lowest BCUT2D eigenvalue weighted by molar-refractivity contribution is 0.102. The fraction of sp³-hybridized carbons (Fsp3) is 0.400. The molecule has 0 saturated carbocycles. The van der Waals surface area contributed by atoms with E-state index in [-0.39, 0.29) is 5.91 Å². The Kier molecular flexibility index (Phi) is 6.36. The molecule has 0 atom stereocenters. The van der Waals surface area contributed by atoms with Crippen molar-refractivity contribution in [2.75, 3.05) is 23.3 Å². The van der Waals surface area contributed by atoms with Gasteiger partial charge in [-0.25, -0.2) is 4.98 Å². The van der Waals surface area contributed by atoms with Crippen molar-refractivity contribution >= 4 is 17.4 Å². The molecule has 0 radical (unpaired) electrons. The average molecular weight is 325 g/mol. The molecule has 1 aromatic heterocycles. The number of anilines is 2. The number of nitrogens with one attached hydrogen (secondary N) is 1. The Labute approximate surface area is 144 Å². The Bertz CT molecular complexity index is 691. The normalized spacial score (nSPS) is 10.5. The number of carbonyl (C=O) groups is 1. The molecule has 24 heavy (non-hydrogen) atoms. The van der Waals surface area contributed by atoms with E-state index in [9.17, 15) is 4.79 Å². The first-order valence-corrected chi connectivity index (χ1v) is 8.64. The largest absolute Gasteiger partial charge is 0.357 e. The molecule has 0 bridgehead atoms. The van der Waals surface area contributed by atoms with Crippen LogP contribution in [0.5, 0.6) is 0 Å². The van der Waals surface area contributed by atoms with E-state index in [0.717, 1.165) is 37.4 Å². The van der Waals surface area contributed by atoms with Crippen LogP contribution in [0.1, 0.15) is 48.2 Å². The lowest BCUT2D eigenvalue weighted by Gasteiger charge is -2.22. The molecule has 1 heterocycles. The minimum Gasteiger partial charge on any atom is -0.357 e. The Hall–Kier alpha value is -2.36. The van der Waals surface area contributed by atoms with E-state index in [1.165, 1.54) is 11.1 Å². The van der Waals surface area contributed by atoms with E-state index in [1.54, 1.807) is 12.3 Å². The van der Waals surface area contributed by atoms with Gasteiger partial charge in [0.1, 0.15) is 5.82 Å².